The highest BCUT2D eigenvalue weighted by Gasteiger charge is 2.35. The maximum atomic E-state index is 11.7. The molecule has 1 aliphatic heterocycles. The van der Waals surface area contributed by atoms with Crippen molar-refractivity contribution in [3.05, 3.63) is 0 Å². The lowest BCUT2D eigenvalue weighted by Crippen LogP contribution is -2.36. The summed E-state index contributed by atoms with van der Waals surface area (Å²) in [5.74, 6) is -0.0594. The molecule has 2 amide bonds. The van der Waals surface area contributed by atoms with E-state index in [1.54, 1.807) is 4.90 Å². The third-order valence-electron chi connectivity index (χ3n) is 2.74. The number of hydrogen-bond donors (Lipinski definition) is 1. The molecule has 1 N–H and O–H groups in total. The predicted molar refractivity (Wildman–Crippen MR) is 63.9 cm³/mol. The first-order valence-corrected chi connectivity index (χ1v) is 6.13. The van der Waals surface area contributed by atoms with Gasteiger partial charge in [-0.2, -0.15) is 0 Å². The largest absolute Gasteiger partial charge is 0.339 e. The first-order valence-electron chi connectivity index (χ1n) is 6.13. The van der Waals surface area contributed by atoms with E-state index in [9.17, 15) is 9.59 Å². The predicted octanol–water partition coefficient (Wildman–Crippen LogP) is 0.947. The third-order valence-corrected chi connectivity index (χ3v) is 2.74. The Labute approximate surface area is 102 Å². The lowest BCUT2D eigenvalue weighted by Gasteiger charge is -2.20. The summed E-state index contributed by atoms with van der Waals surface area (Å²) in [6.45, 7) is 8.89. The van der Waals surface area contributed by atoms with E-state index in [0.717, 1.165) is 0 Å². The van der Waals surface area contributed by atoms with E-state index < -0.39 is 0 Å². The maximum Gasteiger partial charge on any atom is 0.248 e. The van der Waals surface area contributed by atoms with E-state index >= 15 is 0 Å². The molecule has 0 aliphatic carbocycles. The summed E-state index contributed by atoms with van der Waals surface area (Å²) >= 11 is 0. The van der Waals surface area contributed by atoms with Gasteiger partial charge in [-0.15, -0.1) is 0 Å². The van der Waals surface area contributed by atoms with E-state index in [0.29, 0.717) is 19.1 Å². The first kappa shape index (κ1) is 14.0. The molecule has 1 heterocycles. The number of hydroxylamine groups is 1. The van der Waals surface area contributed by atoms with Crippen LogP contribution in [0.15, 0.2) is 0 Å². The van der Waals surface area contributed by atoms with Crippen molar-refractivity contribution in [3.63, 3.8) is 0 Å². The molecule has 0 aromatic carbocycles. The molecular weight excluding hydrogens is 220 g/mol. The van der Waals surface area contributed by atoms with E-state index in [4.69, 9.17) is 4.84 Å². The van der Waals surface area contributed by atoms with Gasteiger partial charge in [0, 0.05) is 19.0 Å². The van der Waals surface area contributed by atoms with Crippen LogP contribution in [0.2, 0.25) is 0 Å². The number of nitrogens with zero attached hydrogens (tertiary/aromatic N) is 1. The molecule has 0 saturated carbocycles. The molecule has 1 aliphatic rings. The molecule has 0 aromatic rings. The minimum Gasteiger partial charge on any atom is -0.339 e. The second kappa shape index (κ2) is 6.00. The van der Waals surface area contributed by atoms with Crippen LogP contribution in [0.3, 0.4) is 0 Å². The summed E-state index contributed by atoms with van der Waals surface area (Å²) in [6.07, 6.45) is 0.287. The second-order valence-corrected chi connectivity index (χ2v) is 5.21. The number of carbonyl (C=O) groups is 2. The van der Waals surface area contributed by atoms with E-state index in [1.807, 2.05) is 27.7 Å². The average molecular weight is 242 g/mol. The van der Waals surface area contributed by atoms with Crippen molar-refractivity contribution in [1.29, 1.82) is 0 Å². The van der Waals surface area contributed by atoms with E-state index in [-0.39, 0.29) is 30.2 Å². The second-order valence-electron chi connectivity index (χ2n) is 5.21. The minimum absolute atomic E-state index is 0.0454. The van der Waals surface area contributed by atoms with Crippen LogP contribution < -0.4 is 5.48 Å². The zero-order valence-electron chi connectivity index (χ0n) is 11.0. The van der Waals surface area contributed by atoms with Crippen molar-refractivity contribution in [2.24, 2.45) is 11.8 Å². The van der Waals surface area contributed by atoms with Crippen LogP contribution >= 0.6 is 0 Å². The molecule has 0 bridgehead atoms. The van der Waals surface area contributed by atoms with Gasteiger partial charge in [0.15, 0.2) is 0 Å². The quantitative estimate of drug-likeness (QED) is 0.730. The van der Waals surface area contributed by atoms with Crippen LogP contribution in [0.4, 0.5) is 0 Å². The van der Waals surface area contributed by atoms with Crippen LogP contribution in [0.5, 0.6) is 0 Å². The van der Waals surface area contributed by atoms with Crippen LogP contribution in [0, 0.1) is 11.8 Å². The van der Waals surface area contributed by atoms with Gasteiger partial charge in [0.1, 0.15) is 0 Å². The summed E-state index contributed by atoms with van der Waals surface area (Å²) in [6, 6.07) is 0.150. The standard InChI is InChI=1S/C12H22N2O3/c1-8(2)7-17-13-12(16)10-5-11(15)14(6-10)9(3)4/h8-10H,5-7H2,1-4H3,(H,13,16). The Morgan fingerprint density at radius 1 is 1.47 bits per heavy atom. The van der Waals surface area contributed by atoms with Crippen LogP contribution in [-0.4, -0.2) is 35.9 Å². The SMILES string of the molecule is CC(C)CONC(=O)C1CC(=O)N(C(C)C)C1. The van der Waals surface area contributed by atoms with Gasteiger partial charge in [-0.1, -0.05) is 13.8 Å². The van der Waals surface area contributed by atoms with Crippen LogP contribution in [-0.2, 0) is 14.4 Å². The summed E-state index contributed by atoms with van der Waals surface area (Å²) in [5, 5.41) is 0. The van der Waals surface area contributed by atoms with Gasteiger partial charge >= 0.3 is 0 Å². The number of carbonyl (C=O) groups excluding carboxylic acids is 2. The molecule has 1 saturated heterocycles. The zero-order valence-corrected chi connectivity index (χ0v) is 11.0. The topological polar surface area (TPSA) is 58.6 Å². The molecule has 1 unspecified atom stereocenters. The third kappa shape index (κ3) is 4.00. The molecule has 17 heavy (non-hydrogen) atoms. The molecule has 0 aromatic heterocycles. The molecule has 98 valence electrons. The average Bonchev–Trinajstić information content (AvgIpc) is 2.59. The Bertz CT molecular complexity index is 289. The zero-order chi connectivity index (χ0) is 13.0. The Morgan fingerprint density at radius 2 is 2.12 bits per heavy atom. The number of likely N-dealkylation sites (tertiary alicyclic amines) is 1. The Balaban J connectivity index is 2.37. The highest BCUT2D eigenvalue weighted by atomic mass is 16.6. The van der Waals surface area contributed by atoms with E-state index in [2.05, 4.69) is 5.48 Å². The van der Waals surface area contributed by atoms with Crippen molar-refractivity contribution < 1.29 is 14.4 Å². The number of rotatable bonds is 5. The van der Waals surface area contributed by atoms with Gasteiger partial charge in [-0.3, -0.25) is 14.4 Å². The Morgan fingerprint density at radius 3 is 2.59 bits per heavy atom. The Kier molecular flexibility index (Phi) is 4.93. The minimum atomic E-state index is -0.280. The molecule has 5 nitrogen and oxygen atoms in total. The van der Waals surface area contributed by atoms with Gasteiger partial charge in [0.2, 0.25) is 11.8 Å². The lowest BCUT2D eigenvalue weighted by atomic mass is 10.1. The highest BCUT2D eigenvalue weighted by molar-refractivity contribution is 5.88. The van der Waals surface area contributed by atoms with Crippen molar-refractivity contribution >= 4 is 11.8 Å². The summed E-state index contributed by atoms with van der Waals surface area (Å²) < 4.78 is 0. The molecule has 1 fully saturated rings. The van der Waals surface area contributed by atoms with Gasteiger partial charge in [0.05, 0.1) is 12.5 Å². The monoisotopic (exact) mass is 242 g/mol. The van der Waals surface area contributed by atoms with E-state index in [1.165, 1.54) is 0 Å². The molecule has 0 spiro atoms. The van der Waals surface area contributed by atoms with Crippen molar-refractivity contribution in [1.82, 2.24) is 10.4 Å². The van der Waals surface area contributed by atoms with Crippen molar-refractivity contribution in [2.75, 3.05) is 13.2 Å². The fourth-order valence-electron chi connectivity index (χ4n) is 1.77. The molecule has 1 rings (SSSR count). The normalized spacial score (nSPS) is 20.5. The summed E-state index contributed by atoms with van der Waals surface area (Å²) in [7, 11) is 0. The highest BCUT2D eigenvalue weighted by Crippen LogP contribution is 2.20. The summed E-state index contributed by atoms with van der Waals surface area (Å²) in [5.41, 5.74) is 2.42. The van der Waals surface area contributed by atoms with Gasteiger partial charge in [-0.25, -0.2) is 5.48 Å². The Hall–Kier alpha value is -1.10. The van der Waals surface area contributed by atoms with Crippen LogP contribution in [0.1, 0.15) is 34.1 Å². The molecule has 1 atom stereocenters. The number of nitrogens with one attached hydrogen (secondary N) is 1. The number of amides is 2. The maximum absolute atomic E-state index is 11.7. The number of hydrogen-bond acceptors (Lipinski definition) is 3. The summed E-state index contributed by atoms with van der Waals surface area (Å²) in [4.78, 5) is 30.1. The smallest absolute Gasteiger partial charge is 0.248 e. The molecular formula is C12H22N2O3. The van der Waals surface area contributed by atoms with Gasteiger partial charge in [0.25, 0.3) is 0 Å². The fraction of sp³-hybridized carbons (Fsp3) is 0.833. The molecule has 5 heteroatoms. The van der Waals surface area contributed by atoms with Crippen molar-refractivity contribution in [2.45, 2.75) is 40.2 Å². The van der Waals surface area contributed by atoms with Gasteiger partial charge < -0.3 is 4.90 Å². The molecule has 0 radical (unpaired) electrons. The lowest BCUT2D eigenvalue weighted by molar-refractivity contribution is -0.138. The fourth-order valence-corrected chi connectivity index (χ4v) is 1.77. The van der Waals surface area contributed by atoms with Gasteiger partial charge in [-0.05, 0) is 19.8 Å². The van der Waals surface area contributed by atoms with Crippen LogP contribution in [0.25, 0.3) is 0 Å². The van der Waals surface area contributed by atoms with Crippen molar-refractivity contribution in [3.8, 4) is 0 Å². The first-order chi connectivity index (χ1) is 7.91.